The van der Waals surface area contributed by atoms with Crippen LogP contribution in [0.1, 0.15) is 5.89 Å². The first-order chi connectivity index (χ1) is 11.2. The first-order valence-corrected chi connectivity index (χ1v) is 8.13. The van der Waals surface area contributed by atoms with Gasteiger partial charge >= 0.3 is 0 Å². The zero-order valence-electron chi connectivity index (χ0n) is 12.5. The molecule has 0 radical (unpaired) electrons. The van der Waals surface area contributed by atoms with Gasteiger partial charge in [-0.15, -0.1) is 10.2 Å². The van der Waals surface area contributed by atoms with Crippen molar-refractivity contribution in [1.82, 2.24) is 15.5 Å². The monoisotopic (exact) mass is 357 g/mol. The molecule has 0 atom stereocenters. The molecule has 1 N–H and O–H groups in total. The largest absolute Gasteiger partial charge is 0.484 e. The number of ether oxygens (including phenoxy) is 2. The maximum atomic E-state index is 11.5. The fourth-order valence-electron chi connectivity index (χ4n) is 1.50. The molecule has 1 aromatic carbocycles. The summed E-state index contributed by atoms with van der Waals surface area (Å²) < 4.78 is 15.7. The number of thioether (sulfide) groups is 1. The van der Waals surface area contributed by atoms with E-state index >= 15 is 0 Å². The number of rotatable bonds is 9. The molecular weight excluding hydrogens is 342 g/mol. The van der Waals surface area contributed by atoms with Crippen molar-refractivity contribution in [3.63, 3.8) is 0 Å². The highest BCUT2D eigenvalue weighted by Gasteiger charge is 2.10. The summed E-state index contributed by atoms with van der Waals surface area (Å²) in [5.74, 6) is 1.06. The summed E-state index contributed by atoms with van der Waals surface area (Å²) in [6.45, 7) is 1.10. The van der Waals surface area contributed by atoms with Gasteiger partial charge in [0.05, 0.1) is 12.4 Å². The summed E-state index contributed by atoms with van der Waals surface area (Å²) in [4.78, 5) is 11.5. The number of carbonyl (C=O) groups excluding carboxylic acids is 1. The number of nitrogens with one attached hydrogen (secondary N) is 1. The topological polar surface area (TPSA) is 86.5 Å². The lowest BCUT2D eigenvalue weighted by Gasteiger charge is -2.03. The predicted molar refractivity (Wildman–Crippen MR) is 85.7 cm³/mol. The van der Waals surface area contributed by atoms with Crippen LogP contribution in [0.15, 0.2) is 33.9 Å². The SMILES string of the molecule is COCCNC(=O)CSc1nnc(COc2ccc(Cl)cc2)o1. The maximum Gasteiger partial charge on any atom is 0.277 e. The fourth-order valence-corrected chi connectivity index (χ4v) is 2.24. The minimum absolute atomic E-state index is 0.121. The average Bonchev–Trinajstić information content (AvgIpc) is 3.01. The molecule has 1 amide bonds. The third kappa shape index (κ3) is 6.47. The van der Waals surface area contributed by atoms with Crippen LogP contribution in [0.3, 0.4) is 0 Å². The van der Waals surface area contributed by atoms with Crippen molar-refractivity contribution in [2.45, 2.75) is 11.8 Å². The normalized spacial score (nSPS) is 10.5. The summed E-state index contributed by atoms with van der Waals surface area (Å²) >= 11 is 6.96. The first kappa shape index (κ1) is 17.6. The Hall–Kier alpha value is -1.77. The number of aromatic nitrogens is 2. The van der Waals surface area contributed by atoms with Gasteiger partial charge in [-0.05, 0) is 24.3 Å². The van der Waals surface area contributed by atoms with Crippen molar-refractivity contribution in [3.8, 4) is 5.75 Å². The van der Waals surface area contributed by atoms with Gasteiger partial charge in [-0.3, -0.25) is 4.79 Å². The Morgan fingerprint density at radius 3 is 2.87 bits per heavy atom. The van der Waals surface area contributed by atoms with Crippen LogP contribution in [0, 0.1) is 0 Å². The van der Waals surface area contributed by atoms with Crippen molar-refractivity contribution < 1.29 is 18.7 Å². The Bertz CT molecular complexity index is 621. The predicted octanol–water partition coefficient (Wildman–Crippen LogP) is 2.16. The van der Waals surface area contributed by atoms with Gasteiger partial charge in [0, 0.05) is 18.7 Å². The second kappa shape index (κ2) is 9.39. The van der Waals surface area contributed by atoms with E-state index in [1.807, 2.05) is 0 Å². The van der Waals surface area contributed by atoms with Gasteiger partial charge in [-0.1, -0.05) is 23.4 Å². The van der Waals surface area contributed by atoms with Crippen molar-refractivity contribution >= 4 is 29.3 Å². The van der Waals surface area contributed by atoms with Crippen LogP contribution in [-0.2, 0) is 16.1 Å². The van der Waals surface area contributed by atoms with Crippen molar-refractivity contribution in [2.24, 2.45) is 0 Å². The number of methoxy groups -OCH3 is 1. The summed E-state index contributed by atoms with van der Waals surface area (Å²) in [6, 6.07) is 6.96. The highest BCUT2D eigenvalue weighted by molar-refractivity contribution is 7.99. The molecule has 0 saturated carbocycles. The van der Waals surface area contributed by atoms with Gasteiger partial charge in [0.25, 0.3) is 11.1 Å². The van der Waals surface area contributed by atoms with Crippen molar-refractivity contribution in [1.29, 1.82) is 0 Å². The fraction of sp³-hybridized carbons (Fsp3) is 0.357. The number of hydrogen-bond acceptors (Lipinski definition) is 7. The Morgan fingerprint density at radius 2 is 2.13 bits per heavy atom. The molecule has 2 rings (SSSR count). The van der Waals surface area contributed by atoms with E-state index in [-0.39, 0.29) is 18.3 Å². The lowest BCUT2D eigenvalue weighted by Crippen LogP contribution is -2.28. The molecule has 1 heterocycles. The van der Waals surface area contributed by atoms with E-state index in [0.717, 1.165) is 11.8 Å². The van der Waals surface area contributed by atoms with E-state index < -0.39 is 0 Å². The smallest absolute Gasteiger partial charge is 0.277 e. The molecule has 7 nitrogen and oxygen atoms in total. The van der Waals surface area contributed by atoms with E-state index in [2.05, 4.69) is 15.5 Å². The highest BCUT2D eigenvalue weighted by Crippen LogP contribution is 2.19. The molecule has 9 heteroatoms. The van der Waals surface area contributed by atoms with Crippen LogP contribution in [0.2, 0.25) is 5.02 Å². The Labute approximate surface area is 142 Å². The van der Waals surface area contributed by atoms with Gasteiger partial charge in [-0.25, -0.2) is 0 Å². The molecule has 0 spiro atoms. The molecule has 23 heavy (non-hydrogen) atoms. The molecule has 0 unspecified atom stereocenters. The molecule has 0 fully saturated rings. The van der Waals surface area contributed by atoms with Gasteiger partial charge in [0.2, 0.25) is 5.91 Å². The Kier molecular flexibility index (Phi) is 7.18. The zero-order valence-corrected chi connectivity index (χ0v) is 14.0. The van der Waals surface area contributed by atoms with Crippen LogP contribution in [0.4, 0.5) is 0 Å². The second-order valence-corrected chi connectivity index (χ2v) is 5.70. The van der Waals surface area contributed by atoms with Gasteiger partial charge in [-0.2, -0.15) is 0 Å². The molecule has 124 valence electrons. The molecule has 0 bridgehead atoms. The van der Waals surface area contributed by atoms with Crippen LogP contribution in [0.25, 0.3) is 0 Å². The molecule has 0 aliphatic carbocycles. The third-order valence-corrected chi connectivity index (χ3v) is 3.65. The van der Waals surface area contributed by atoms with Gasteiger partial charge in [0.1, 0.15) is 5.75 Å². The van der Waals surface area contributed by atoms with Crippen molar-refractivity contribution in [2.75, 3.05) is 26.0 Å². The van der Waals surface area contributed by atoms with Crippen LogP contribution >= 0.6 is 23.4 Å². The third-order valence-electron chi connectivity index (χ3n) is 2.58. The first-order valence-electron chi connectivity index (χ1n) is 6.76. The second-order valence-electron chi connectivity index (χ2n) is 4.34. The quantitative estimate of drug-likeness (QED) is 0.543. The van der Waals surface area contributed by atoms with E-state index in [4.69, 9.17) is 25.5 Å². The van der Waals surface area contributed by atoms with Crippen molar-refractivity contribution in [3.05, 3.63) is 35.2 Å². The maximum absolute atomic E-state index is 11.5. The van der Waals surface area contributed by atoms with E-state index in [1.54, 1.807) is 31.4 Å². The van der Waals surface area contributed by atoms with Crippen LogP contribution in [-0.4, -0.2) is 42.1 Å². The minimum atomic E-state index is -0.121. The molecule has 0 aliphatic rings. The summed E-state index contributed by atoms with van der Waals surface area (Å²) in [7, 11) is 1.58. The standard InChI is InChI=1S/C14H16ClN3O4S/c1-20-7-6-16-12(19)9-23-14-18-17-13(22-14)8-21-11-4-2-10(15)3-5-11/h2-5H,6-9H2,1H3,(H,16,19). The molecular formula is C14H16ClN3O4S. The van der Waals surface area contributed by atoms with E-state index in [9.17, 15) is 4.79 Å². The van der Waals surface area contributed by atoms with Crippen LogP contribution < -0.4 is 10.1 Å². The zero-order chi connectivity index (χ0) is 16.5. The van der Waals surface area contributed by atoms with E-state index in [0.29, 0.717) is 35.0 Å². The number of nitrogens with zero attached hydrogens (tertiary/aromatic N) is 2. The number of carbonyl (C=O) groups is 1. The average molecular weight is 358 g/mol. The highest BCUT2D eigenvalue weighted by atomic mass is 35.5. The lowest BCUT2D eigenvalue weighted by molar-refractivity contribution is -0.118. The van der Waals surface area contributed by atoms with Gasteiger partial charge < -0.3 is 19.2 Å². The van der Waals surface area contributed by atoms with Gasteiger partial charge in [0.15, 0.2) is 6.61 Å². The Morgan fingerprint density at radius 1 is 1.35 bits per heavy atom. The van der Waals surface area contributed by atoms with E-state index in [1.165, 1.54) is 0 Å². The number of hydrogen-bond donors (Lipinski definition) is 1. The Balaban J connectivity index is 1.72. The minimum Gasteiger partial charge on any atom is -0.484 e. The number of halogens is 1. The summed E-state index contributed by atoms with van der Waals surface area (Å²) in [6.07, 6.45) is 0. The summed E-state index contributed by atoms with van der Waals surface area (Å²) in [5, 5.41) is 11.4. The molecule has 0 saturated heterocycles. The lowest BCUT2D eigenvalue weighted by atomic mass is 10.3. The number of benzene rings is 1. The number of amides is 1. The molecule has 1 aromatic heterocycles. The van der Waals surface area contributed by atoms with Crippen LogP contribution in [0.5, 0.6) is 5.75 Å². The molecule has 2 aromatic rings. The summed E-state index contributed by atoms with van der Waals surface area (Å²) in [5.41, 5.74) is 0. The molecule has 0 aliphatic heterocycles.